The first-order valence-corrected chi connectivity index (χ1v) is 12.6. The molecule has 1 aliphatic carbocycles. The van der Waals surface area contributed by atoms with E-state index in [1.807, 2.05) is 30.3 Å². The molecule has 1 amide bonds. The van der Waals surface area contributed by atoms with Crippen molar-refractivity contribution in [3.63, 3.8) is 0 Å². The summed E-state index contributed by atoms with van der Waals surface area (Å²) in [5.74, 6) is 1.83. The van der Waals surface area contributed by atoms with Crippen LogP contribution in [0.5, 0.6) is 11.5 Å². The van der Waals surface area contributed by atoms with Crippen LogP contribution in [0.25, 0.3) is 22.2 Å². The van der Waals surface area contributed by atoms with Crippen molar-refractivity contribution >= 4 is 22.8 Å². The average Bonchev–Trinajstić information content (AvgIpc) is 3.60. The van der Waals surface area contributed by atoms with Gasteiger partial charge in [0.05, 0.1) is 11.1 Å². The van der Waals surface area contributed by atoms with Crippen molar-refractivity contribution < 1.29 is 18.3 Å². The Morgan fingerprint density at radius 1 is 1.03 bits per heavy atom. The van der Waals surface area contributed by atoms with E-state index in [2.05, 4.69) is 16.5 Å². The Balaban J connectivity index is 1.39. The highest BCUT2D eigenvalue weighted by atomic mass is 19.3. The molecule has 1 saturated carbocycles. The summed E-state index contributed by atoms with van der Waals surface area (Å²) in [5, 5.41) is 0.431. The Labute approximate surface area is 218 Å². The smallest absolute Gasteiger partial charge is 0.279 e. The van der Waals surface area contributed by atoms with Gasteiger partial charge in [0.2, 0.25) is 5.91 Å². The number of ether oxygens (including phenoxy) is 1. The molecule has 1 aliphatic heterocycles. The number of hydrogen-bond donors (Lipinski definition) is 1. The maximum atomic E-state index is 14.9. The fourth-order valence-electron chi connectivity index (χ4n) is 6.15. The number of anilines is 1. The lowest BCUT2D eigenvalue weighted by Crippen LogP contribution is -2.28. The van der Waals surface area contributed by atoms with Crippen molar-refractivity contribution in [3.05, 3.63) is 79.3 Å². The van der Waals surface area contributed by atoms with E-state index in [0.29, 0.717) is 59.6 Å². The van der Waals surface area contributed by atoms with Gasteiger partial charge in [-0.2, -0.15) is 0 Å². The van der Waals surface area contributed by atoms with E-state index >= 15 is 0 Å². The molecule has 0 bridgehead atoms. The summed E-state index contributed by atoms with van der Waals surface area (Å²) in [7, 11) is 0. The maximum Gasteiger partial charge on any atom is 0.279 e. The van der Waals surface area contributed by atoms with E-state index in [1.54, 1.807) is 33.7 Å². The van der Waals surface area contributed by atoms with Gasteiger partial charge < -0.3 is 19.9 Å². The largest absolute Gasteiger partial charge is 0.457 e. The Bertz CT molecular complexity index is 1490. The zero-order valence-corrected chi connectivity index (χ0v) is 20.6. The first kappa shape index (κ1) is 24.1. The summed E-state index contributed by atoms with van der Waals surface area (Å²) in [4.78, 5) is 22.5. The number of benzene rings is 2. The van der Waals surface area contributed by atoms with Crippen LogP contribution in [-0.2, 0) is 4.79 Å². The van der Waals surface area contributed by atoms with E-state index in [1.165, 1.54) is 12.4 Å². The highest BCUT2D eigenvalue weighted by molar-refractivity contribution is 6.02. The van der Waals surface area contributed by atoms with E-state index in [4.69, 9.17) is 10.5 Å². The molecule has 4 aromatic rings. The van der Waals surface area contributed by atoms with Gasteiger partial charge in [0.25, 0.3) is 6.43 Å². The minimum Gasteiger partial charge on any atom is -0.457 e. The molecule has 0 radical (unpaired) electrons. The first-order chi connectivity index (χ1) is 18.4. The second-order valence-corrected chi connectivity index (χ2v) is 9.92. The van der Waals surface area contributed by atoms with Gasteiger partial charge in [0, 0.05) is 24.7 Å². The van der Waals surface area contributed by atoms with Gasteiger partial charge in [-0.1, -0.05) is 36.9 Å². The third kappa shape index (κ3) is 4.08. The monoisotopic (exact) mass is 515 g/mol. The zero-order chi connectivity index (χ0) is 26.4. The molecule has 2 fully saturated rings. The van der Waals surface area contributed by atoms with Crippen LogP contribution in [-0.4, -0.2) is 38.4 Å². The number of halogens is 2. The molecular formula is C29H27F2N5O2. The number of carbonyl (C=O) groups excluding carboxylic acids is 1. The molecule has 9 heteroatoms. The summed E-state index contributed by atoms with van der Waals surface area (Å²) in [6, 6.07) is 16.2. The molecule has 194 valence electrons. The Kier molecular flexibility index (Phi) is 6.06. The zero-order valence-electron chi connectivity index (χ0n) is 20.6. The van der Waals surface area contributed by atoms with E-state index in [-0.39, 0.29) is 35.3 Å². The number of rotatable bonds is 6. The van der Waals surface area contributed by atoms with Crippen molar-refractivity contribution in [1.82, 2.24) is 19.4 Å². The molecule has 2 N–H and O–H groups in total. The first-order valence-electron chi connectivity index (χ1n) is 12.6. The summed E-state index contributed by atoms with van der Waals surface area (Å²) < 4.78 is 37.3. The topological polar surface area (TPSA) is 86.3 Å². The molecular weight excluding hydrogens is 488 g/mol. The van der Waals surface area contributed by atoms with Gasteiger partial charge in [-0.25, -0.2) is 18.7 Å². The molecule has 2 aromatic carbocycles. The summed E-state index contributed by atoms with van der Waals surface area (Å²) in [6.07, 6.45) is 1.27. The van der Waals surface area contributed by atoms with Crippen LogP contribution in [0.4, 0.5) is 14.6 Å². The van der Waals surface area contributed by atoms with Gasteiger partial charge in [-0.05, 0) is 60.6 Å². The Morgan fingerprint density at radius 2 is 1.68 bits per heavy atom. The average molecular weight is 516 g/mol. The van der Waals surface area contributed by atoms with Crippen LogP contribution in [0, 0.1) is 11.8 Å². The van der Waals surface area contributed by atoms with Gasteiger partial charge in [-0.3, -0.25) is 4.79 Å². The van der Waals surface area contributed by atoms with Crippen LogP contribution in [0.1, 0.15) is 31.0 Å². The number of para-hydroxylation sites is 1. The molecule has 2 aliphatic rings. The lowest BCUT2D eigenvalue weighted by Gasteiger charge is -2.21. The van der Waals surface area contributed by atoms with Gasteiger partial charge in [-0.15, -0.1) is 0 Å². The summed E-state index contributed by atoms with van der Waals surface area (Å²) in [5.41, 5.74) is 7.53. The van der Waals surface area contributed by atoms with E-state index in [9.17, 15) is 13.6 Å². The Morgan fingerprint density at radius 3 is 2.32 bits per heavy atom. The molecule has 38 heavy (non-hydrogen) atoms. The number of aromatic nitrogens is 3. The van der Waals surface area contributed by atoms with Crippen molar-refractivity contribution in [1.29, 1.82) is 0 Å². The fourth-order valence-corrected chi connectivity index (χ4v) is 6.15. The minimum atomic E-state index is -2.75. The highest BCUT2D eigenvalue weighted by Crippen LogP contribution is 2.49. The molecule has 2 aromatic heterocycles. The van der Waals surface area contributed by atoms with Gasteiger partial charge >= 0.3 is 0 Å². The number of fused-ring (bicyclic) bond motifs is 2. The highest BCUT2D eigenvalue weighted by Gasteiger charge is 2.44. The number of nitrogens with two attached hydrogens (primary N) is 1. The second-order valence-electron chi connectivity index (χ2n) is 9.92. The predicted molar refractivity (Wildman–Crippen MR) is 141 cm³/mol. The normalized spacial score (nSPS) is 20.7. The van der Waals surface area contributed by atoms with Crippen LogP contribution in [0.3, 0.4) is 0 Å². The van der Waals surface area contributed by atoms with Crippen LogP contribution < -0.4 is 10.5 Å². The third-order valence-electron chi connectivity index (χ3n) is 7.76. The minimum absolute atomic E-state index is 0.0851. The molecule has 1 saturated heterocycles. The SMILES string of the molecule is C=CC(=O)N1CC2CC(n3c(C(F)F)c(-c4ccc(Oc5ccccc5)cc4)c4c(N)ncnc43)CC2C1. The molecule has 6 rings (SSSR count). The number of likely N-dealkylation sites (tertiary alicyclic amines) is 1. The quantitative estimate of drug-likeness (QED) is 0.318. The lowest BCUT2D eigenvalue weighted by molar-refractivity contribution is -0.125. The van der Waals surface area contributed by atoms with Crippen molar-refractivity contribution in [3.8, 4) is 22.6 Å². The molecule has 3 heterocycles. The number of alkyl halides is 2. The molecule has 7 nitrogen and oxygen atoms in total. The number of nitrogen functional groups attached to an aromatic ring is 1. The standard InChI is InChI=1S/C29H27F2N5O2/c1-2-23(37)35-14-18-12-20(13-19(18)15-35)36-26(27(30)31)24(25-28(32)33-16-34-29(25)36)17-8-10-22(11-9-17)38-21-6-4-3-5-7-21/h2-11,16,18-20,27H,1,12-15H2,(H2,32,33,34). The summed E-state index contributed by atoms with van der Waals surface area (Å²) in [6.45, 7) is 4.81. The van der Waals surface area contributed by atoms with Crippen molar-refractivity contribution in [2.24, 2.45) is 11.8 Å². The molecule has 2 unspecified atom stereocenters. The van der Waals surface area contributed by atoms with Crippen LogP contribution >= 0.6 is 0 Å². The number of nitrogens with zero attached hydrogens (tertiary/aromatic N) is 4. The summed E-state index contributed by atoms with van der Waals surface area (Å²) >= 11 is 0. The third-order valence-corrected chi connectivity index (χ3v) is 7.76. The Hall–Kier alpha value is -4.27. The maximum absolute atomic E-state index is 14.9. The van der Waals surface area contributed by atoms with Crippen LogP contribution in [0.2, 0.25) is 0 Å². The van der Waals surface area contributed by atoms with E-state index in [0.717, 1.165) is 0 Å². The lowest BCUT2D eigenvalue weighted by atomic mass is 10.0. The number of carbonyl (C=O) groups is 1. The fraction of sp³-hybridized carbons (Fsp3) is 0.276. The van der Waals surface area contributed by atoms with Crippen LogP contribution in [0.15, 0.2) is 73.6 Å². The number of hydrogen-bond acceptors (Lipinski definition) is 5. The number of amides is 1. The van der Waals surface area contributed by atoms with Gasteiger partial charge in [0.1, 0.15) is 29.3 Å². The van der Waals surface area contributed by atoms with E-state index < -0.39 is 6.43 Å². The van der Waals surface area contributed by atoms with Gasteiger partial charge in [0.15, 0.2) is 0 Å². The second kappa shape index (κ2) is 9.55. The van der Waals surface area contributed by atoms with Crippen molar-refractivity contribution in [2.45, 2.75) is 25.3 Å². The molecule has 0 spiro atoms. The predicted octanol–water partition coefficient (Wildman–Crippen LogP) is 6.01. The molecule has 2 atom stereocenters. The van der Waals surface area contributed by atoms with Crippen molar-refractivity contribution in [2.75, 3.05) is 18.8 Å².